The van der Waals surface area contributed by atoms with Crippen molar-refractivity contribution in [2.45, 2.75) is 47.1 Å². The summed E-state index contributed by atoms with van der Waals surface area (Å²) < 4.78 is 0. The number of hydrogen-bond acceptors (Lipinski definition) is 2. The summed E-state index contributed by atoms with van der Waals surface area (Å²) in [6.07, 6.45) is 0.416. The van der Waals surface area contributed by atoms with Gasteiger partial charge in [0, 0.05) is 19.5 Å². The van der Waals surface area contributed by atoms with Crippen molar-refractivity contribution in [2.75, 3.05) is 13.1 Å². The second-order valence-electron chi connectivity index (χ2n) is 6.04. The highest BCUT2D eigenvalue weighted by atomic mass is 16.2. The van der Waals surface area contributed by atoms with Gasteiger partial charge in [0.1, 0.15) is 6.04 Å². The van der Waals surface area contributed by atoms with Gasteiger partial charge in [-0.1, -0.05) is 34.6 Å². The summed E-state index contributed by atoms with van der Waals surface area (Å²) in [7, 11) is 0. The maximum Gasteiger partial charge on any atom is 0.245 e. The minimum absolute atomic E-state index is 0.0123. The highest BCUT2D eigenvalue weighted by Crippen LogP contribution is 2.16. The van der Waals surface area contributed by atoms with Crippen molar-refractivity contribution < 1.29 is 9.59 Å². The van der Waals surface area contributed by atoms with Crippen LogP contribution in [0.2, 0.25) is 0 Å². The first kappa shape index (κ1) is 15.0. The van der Waals surface area contributed by atoms with Gasteiger partial charge >= 0.3 is 0 Å². The lowest BCUT2D eigenvalue weighted by Gasteiger charge is -2.29. The van der Waals surface area contributed by atoms with Gasteiger partial charge in [-0.05, 0) is 17.8 Å². The molecule has 1 N–H and O–H groups in total. The van der Waals surface area contributed by atoms with E-state index in [1.54, 1.807) is 0 Å². The Morgan fingerprint density at radius 3 is 2.33 bits per heavy atom. The Morgan fingerprint density at radius 2 is 1.83 bits per heavy atom. The number of carbonyl (C=O) groups excluding carboxylic acids is 2. The Hall–Kier alpha value is -1.06. The fourth-order valence-electron chi connectivity index (χ4n) is 2.04. The minimum atomic E-state index is -0.362. The van der Waals surface area contributed by atoms with Crippen LogP contribution in [0.5, 0.6) is 0 Å². The van der Waals surface area contributed by atoms with E-state index >= 15 is 0 Å². The van der Waals surface area contributed by atoms with Gasteiger partial charge in [0.15, 0.2) is 0 Å². The normalized spacial score (nSPS) is 23.3. The van der Waals surface area contributed by atoms with E-state index in [0.717, 1.165) is 6.54 Å². The average Bonchev–Trinajstić information content (AvgIpc) is 2.41. The molecule has 1 fully saturated rings. The summed E-state index contributed by atoms with van der Waals surface area (Å²) in [5.41, 5.74) is 0. The van der Waals surface area contributed by atoms with E-state index in [1.807, 2.05) is 18.7 Å². The Labute approximate surface area is 110 Å². The standard InChI is InChI=1S/C14H26N2O2/c1-9(2)11(5)8-16-7-6-12(17)15-13(10(3)4)14(16)18/h9-11,13H,6-8H2,1-5H3,(H,15,17). The lowest BCUT2D eigenvalue weighted by Crippen LogP contribution is -2.48. The first-order valence-electron chi connectivity index (χ1n) is 6.91. The number of nitrogens with zero attached hydrogens (tertiary/aromatic N) is 1. The van der Waals surface area contributed by atoms with Gasteiger partial charge in [0.2, 0.25) is 11.8 Å². The quantitative estimate of drug-likeness (QED) is 0.829. The number of amides is 2. The Morgan fingerprint density at radius 1 is 1.22 bits per heavy atom. The SMILES string of the molecule is CC(C)C(C)CN1CCC(=O)NC(C(C)C)C1=O. The second-order valence-corrected chi connectivity index (χ2v) is 6.04. The molecule has 0 aromatic carbocycles. The van der Waals surface area contributed by atoms with Crippen molar-refractivity contribution in [1.82, 2.24) is 10.2 Å². The zero-order valence-corrected chi connectivity index (χ0v) is 12.2. The summed E-state index contributed by atoms with van der Waals surface area (Å²) in [5.74, 6) is 1.19. The van der Waals surface area contributed by atoms with Crippen molar-refractivity contribution in [2.24, 2.45) is 17.8 Å². The zero-order valence-electron chi connectivity index (χ0n) is 12.2. The van der Waals surface area contributed by atoms with Crippen LogP contribution in [0.3, 0.4) is 0 Å². The van der Waals surface area contributed by atoms with Crippen LogP contribution in [0.4, 0.5) is 0 Å². The van der Waals surface area contributed by atoms with E-state index in [2.05, 4.69) is 26.1 Å². The van der Waals surface area contributed by atoms with Crippen molar-refractivity contribution in [3.05, 3.63) is 0 Å². The first-order chi connectivity index (χ1) is 8.32. The molecule has 0 aromatic heterocycles. The Kier molecular flexibility index (Phi) is 5.17. The summed E-state index contributed by atoms with van der Waals surface area (Å²) in [5, 5.41) is 2.83. The molecule has 0 bridgehead atoms. The molecule has 1 rings (SSSR count). The van der Waals surface area contributed by atoms with Crippen molar-refractivity contribution in [3.63, 3.8) is 0 Å². The molecule has 18 heavy (non-hydrogen) atoms. The van der Waals surface area contributed by atoms with Gasteiger partial charge < -0.3 is 10.2 Å². The highest BCUT2D eigenvalue weighted by Gasteiger charge is 2.32. The van der Waals surface area contributed by atoms with Gasteiger partial charge in [0.05, 0.1) is 0 Å². The summed E-state index contributed by atoms with van der Waals surface area (Å²) in [6.45, 7) is 11.7. The van der Waals surface area contributed by atoms with Gasteiger partial charge in [-0.25, -0.2) is 0 Å². The number of carbonyl (C=O) groups is 2. The van der Waals surface area contributed by atoms with Crippen LogP contribution in [-0.2, 0) is 9.59 Å². The molecular formula is C14H26N2O2. The predicted molar refractivity (Wildman–Crippen MR) is 72.0 cm³/mol. The van der Waals surface area contributed by atoms with Crippen LogP contribution in [0.25, 0.3) is 0 Å². The van der Waals surface area contributed by atoms with E-state index in [-0.39, 0.29) is 23.8 Å². The minimum Gasteiger partial charge on any atom is -0.344 e. The molecular weight excluding hydrogens is 228 g/mol. The van der Waals surface area contributed by atoms with Crippen LogP contribution < -0.4 is 5.32 Å². The average molecular weight is 254 g/mol. The predicted octanol–water partition coefficient (Wildman–Crippen LogP) is 1.65. The molecule has 4 nitrogen and oxygen atoms in total. The van der Waals surface area contributed by atoms with Crippen LogP contribution in [0, 0.1) is 17.8 Å². The molecule has 2 atom stereocenters. The molecule has 1 heterocycles. The maximum atomic E-state index is 12.4. The maximum absolute atomic E-state index is 12.4. The molecule has 0 aromatic rings. The molecule has 0 aliphatic carbocycles. The largest absolute Gasteiger partial charge is 0.344 e. The fourth-order valence-corrected chi connectivity index (χ4v) is 2.04. The molecule has 2 amide bonds. The summed E-state index contributed by atoms with van der Waals surface area (Å²) in [6, 6.07) is -0.362. The molecule has 2 unspecified atom stereocenters. The lowest BCUT2D eigenvalue weighted by atomic mass is 9.96. The van der Waals surface area contributed by atoms with Crippen LogP contribution in [0.1, 0.15) is 41.0 Å². The third-order valence-electron chi connectivity index (χ3n) is 3.82. The van der Waals surface area contributed by atoms with Crippen LogP contribution in [-0.4, -0.2) is 35.8 Å². The smallest absolute Gasteiger partial charge is 0.245 e. The lowest BCUT2D eigenvalue weighted by molar-refractivity contribution is -0.135. The molecule has 104 valence electrons. The zero-order chi connectivity index (χ0) is 13.9. The second kappa shape index (κ2) is 6.21. The van der Waals surface area contributed by atoms with Crippen LogP contribution >= 0.6 is 0 Å². The van der Waals surface area contributed by atoms with Gasteiger partial charge in [0.25, 0.3) is 0 Å². The van der Waals surface area contributed by atoms with E-state index in [4.69, 9.17) is 0 Å². The van der Waals surface area contributed by atoms with Gasteiger partial charge in [-0.3, -0.25) is 9.59 Å². The highest BCUT2D eigenvalue weighted by molar-refractivity contribution is 5.90. The summed E-state index contributed by atoms with van der Waals surface area (Å²) in [4.78, 5) is 25.9. The van der Waals surface area contributed by atoms with E-state index in [0.29, 0.717) is 24.8 Å². The molecule has 0 saturated carbocycles. The molecule has 1 aliphatic rings. The fraction of sp³-hybridized carbons (Fsp3) is 0.857. The third kappa shape index (κ3) is 3.72. The third-order valence-corrected chi connectivity index (χ3v) is 3.82. The molecule has 1 saturated heterocycles. The number of rotatable bonds is 4. The monoisotopic (exact) mass is 254 g/mol. The van der Waals surface area contributed by atoms with E-state index in [1.165, 1.54) is 0 Å². The number of nitrogens with one attached hydrogen (secondary N) is 1. The van der Waals surface area contributed by atoms with Crippen LogP contribution in [0.15, 0.2) is 0 Å². The molecule has 0 radical (unpaired) electrons. The number of hydrogen-bond donors (Lipinski definition) is 1. The van der Waals surface area contributed by atoms with Crippen molar-refractivity contribution in [3.8, 4) is 0 Å². The van der Waals surface area contributed by atoms with E-state index < -0.39 is 0 Å². The molecule has 1 aliphatic heterocycles. The Balaban J connectivity index is 2.77. The van der Waals surface area contributed by atoms with Crippen molar-refractivity contribution >= 4 is 11.8 Å². The topological polar surface area (TPSA) is 49.4 Å². The van der Waals surface area contributed by atoms with E-state index in [9.17, 15) is 9.59 Å². The molecule has 4 heteroatoms. The van der Waals surface area contributed by atoms with Crippen molar-refractivity contribution in [1.29, 1.82) is 0 Å². The Bertz CT molecular complexity index is 313. The van der Waals surface area contributed by atoms with Gasteiger partial charge in [-0.2, -0.15) is 0 Å². The first-order valence-corrected chi connectivity index (χ1v) is 6.91. The summed E-state index contributed by atoms with van der Waals surface area (Å²) >= 11 is 0. The molecule has 0 spiro atoms. The van der Waals surface area contributed by atoms with Gasteiger partial charge in [-0.15, -0.1) is 0 Å².